The van der Waals surface area contributed by atoms with Gasteiger partial charge in [0, 0.05) is 0 Å². The molecule has 1 amide bonds. The minimum absolute atomic E-state index is 0.280. The molecule has 0 aliphatic rings. The molecule has 3 atom stereocenters. The summed E-state index contributed by atoms with van der Waals surface area (Å²) in [7, 11) is -4.40. The third kappa shape index (κ3) is 27.6. The number of aliphatic hydroxyl groups is 2. The summed E-state index contributed by atoms with van der Waals surface area (Å²) < 4.78 is 32.3. The number of rotatable bonds is 30. The molecule has 0 aromatic heterocycles. The third-order valence-corrected chi connectivity index (χ3v) is 8.57. The maximum absolute atomic E-state index is 12.5. The minimum Gasteiger partial charge on any atom is -0.391 e. The smallest absolute Gasteiger partial charge is 0.266 e. The van der Waals surface area contributed by atoms with Gasteiger partial charge in [-0.1, -0.05) is 147 Å². The Balaban J connectivity index is 4.14. The van der Waals surface area contributed by atoms with Crippen molar-refractivity contribution in [3.63, 3.8) is 0 Å². The lowest BCUT2D eigenvalue weighted by molar-refractivity contribution is -0.131. The van der Waals surface area contributed by atoms with Gasteiger partial charge in [0.2, 0.25) is 5.91 Å². The molecule has 0 fully saturated rings. The van der Waals surface area contributed by atoms with Gasteiger partial charge in [0.1, 0.15) is 6.10 Å². The average Bonchev–Trinajstić information content (AvgIpc) is 2.94. The number of aliphatic hydroxyl groups excluding tert-OH is 2. The number of carbonyl (C=O) groups excluding carboxylic acids is 1. The lowest BCUT2D eigenvalue weighted by Gasteiger charge is -2.24. The second-order valence-corrected chi connectivity index (χ2v) is 13.5. The van der Waals surface area contributed by atoms with Crippen LogP contribution < -0.4 is 5.32 Å². The van der Waals surface area contributed by atoms with E-state index in [4.69, 9.17) is 0 Å². The summed E-state index contributed by atoms with van der Waals surface area (Å²) in [6.07, 6.45) is 30.5. The summed E-state index contributed by atoms with van der Waals surface area (Å²) in [6.45, 7) is 4.43. The fourth-order valence-electron chi connectivity index (χ4n) is 5.10. The Morgan fingerprint density at radius 2 is 1.05 bits per heavy atom. The fraction of sp³-hybridized carbons (Fsp3) is 0.853. The third-order valence-electron chi connectivity index (χ3n) is 7.79. The van der Waals surface area contributed by atoms with Gasteiger partial charge in [-0.25, -0.2) is 0 Å². The Bertz CT molecular complexity index is 783. The highest BCUT2D eigenvalue weighted by Crippen LogP contribution is 2.15. The first-order valence-electron chi connectivity index (χ1n) is 17.1. The van der Waals surface area contributed by atoms with E-state index in [2.05, 4.69) is 43.5 Å². The molecule has 8 heteroatoms. The van der Waals surface area contributed by atoms with Crippen molar-refractivity contribution in [3.8, 4) is 0 Å². The quantitative estimate of drug-likeness (QED) is 0.0367. The molecule has 0 rings (SSSR count). The standard InChI is InChI=1S/C34H65NO6S/c1-3-5-7-9-11-13-15-16-17-19-21-23-25-27-29-33(37)34(38)35-31(30-42(39,40)41)32(36)28-26-24-22-20-18-14-12-10-8-6-4-2/h11,13,15-16,31-33,36-37H,3-10,12,14,17-30H2,1-2H3,(H,35,38)(H,39,40,41)/b13-11-,16-15-. The number of allylic oxidation sites excluding steroid dienone is 4. The van der Waals surface area contributed by atoms with Gasteiger partial charge in [0.25, 0.3) is 10.1 Å². The first-order chi connectivity index (χ1) is 20.2. The number of unbranched alkanes of at least 4 members (excludes halogenated alkanes) is 18. The topological polar surface area (TPSA) is 124 Å². The molecule has 0 heterocycles. The van der Waals surface area contributed by atoms with Crippen molar-refractivity contribution in [1.82, 2.24) is 5.32 Å². The molecular weight excluding hydrogens is 550 g/mol. The summed E-state index contributed by atoms with van der Waals surface area (Å²) in [5.41, 5.74) is 0. The molecule has 0 saturated carbocycles. The van der Waals surface area contributed by atoms with Gasteiger partial charge in [-0.05, 0) is 38.5 Å². The lowest BCUT2D eigenvalue weighted by atomic mass is 10.0. The molecular formula is C34H65NO6S. The number of carbonyl (C=O) groups is 1. The minimum atomic E-state index is -4.40. The highest BCUT2D eigenvalue weighted by atomic mass is 32.2. The predicted octanol–water partition coefficient (Wildman–Crippen LogP) is 8.21. The zero-order chi connectivity index (χ0) is 31.3. The van der Waals surface area contributed by atoms with E-state index in [1.807, 2.05) is 0 Å². The van der Waals surface area contributed by atoms with E-state index in [9.17, 15) is 28.0 Å². The molecule has 0 bridgehead atoms. The van der Waals surface area contributed by atoms with Crippen molar-refractivity contribution >= 4 is 16.0 Å². The maximum Gasteiger partial charge on any atom is 0.266 e. The molecule has 248 valence electrons. The maximum atomic E-state index is 12.5. The van der Waals surface area contributed by atoms with E-state index in [1.54, 1.807) is 0 Å². The zero-order valence-corrected chi connectivity index (χ0v) is 27.8. The van der Waals surface area contributed by atoms with Crippen molar-refractivity contribution in [2.75, 3.05) is 5.75 Å². The number of nitrogens with one attached hydrogen (secondary N) is 1. The Hall–Kier alpha value is -1.22. The van der Waals surface area contributed by atoms with Gasteiger partial charge in [0.15, 0.2) is 0 Å². The molecule has 7 nitrogen and oxygen atoms in total. The summed E-state index contributed by atoms with van der Waals surface area (Å²) in [4.78, 5) is 12.5. The van der Waals surface area contributed by atoms with E-state index in [1.165, 1.54) is 64.2 Å². The van der Waals surface area contributed by atoms with Crippen molar-refractivity contribution in [3.05, 3.63) is 24.3 Å². The molecule has 0 aliphatic carbocycles. The number of hydrogen-bond acceptors (Lipinski definition) is 5. The van der Waals surface area contributed by atoms with Gasteiger partial charge in [-0.15, -0.1) is 0 Å². The zero-order valence-electron chi connectivity index (χ0n) is 27.0. The van der Waals surface area contributed by atoms with Crippen molar-refractivity contribution < 1.29 is 28.0 Å². The van der Waals surface area contributed by atoms with Gasteiger partial charge >= 0.3 is 0 Å². The van der Waals surface area contributed by atoms with Crippen LogP contribution >= 0.6 is 0 Å². The Kier molecular flexibility index (Phi) is 27.7. The van der Waals surface area contributed by atoms with Crippen LogP contribution in [0.25, 0.3) is 0 Å². The van der Waals surface area contributed by atoms with Crippen LogP contribution in [0.2, 0.25) is 0 Å². The first-order valence-corrected chi connectivity index (χ1v) is 18.8. The van der Waals surface area contributed by atoms with Gasteiger partial charge in [0.05, 0.1) is 17.9 Å². The van der Waals surface area contributed by atoms with Crippen LogP contribution in [-0.4, -0.2) is 53.1 Å². The summed E-state index contributed by atoms with van der Waals surface area (Å²) in [5.74, 6) is -1.47. The Morgan fingerprint density at radius 3 is 1.55 bits per heavy atom. The van der Waals surface area contributed by atoms with Gasteiger partial charge < -0.3 is 15.5 Å². The molecule has 4 N–H and O–H groups in total. The largest absolute Gasteiger partial charge is 0.391 e. The molecule has 42 heavy (non-hydrogen) atoms. The molecule has 0 radical (unpaired) electrons. The van der Waals surface area contributed by atoms with Gasteiger partial charge in [-0.2, -0.15) is 8.42 Å². The molecule has 0 aliphatic heterocycles. The van der Waals surface area contributed by atoms with Crippen molar-refractivity contribution in [2.45, 2.75) is 180 Å². The second kappa shape index (κ2) is 28.5. The SMILES string of the molecule is CCCCC/C=C\C=C/CCCCCCCC(O)C(=O)NC(CS(=O)(=O)O)C(O)CCCCCCCCCCCCC. The number of amides is 1. The molecule has 0 saturated heterocycles. The van der Waals surface area contributed by atoms with Crippen LogP contribution in [-0.2, 0) is 14.9 Å². The van der Waals surface area contributed by atoms with E-state index < -0.39 is 40.0 Å². The van der Waals surface area contributed by atoms with Crippen LogP contribution in [0.4, 0.5) is 0 Å². The second-order valence-electron chi connectivity index (χ2n) is 12.0. The van der Waals surface area contributed by atoms with Crippen LogP contribution in [0.3, 0.4) is 0 Å². The Labute approximate surface area is 258 Å². The van der Waals surface area contributed by atoms with E-state index in [0.29, 0.717) is 19.3 Å². The van der Waals surface area contributed by atoms with Crippen LogP contribution in [0.15, 0.2) is 24.3 Å². The van der Waals surface area contributed by atoms with Crippen LogP contribution in [0.5, 0.6) is 0 Å². The molecule has 3 unspecified atom stereocenters. The monoisotopic (exact) mass is 615 g/mol. The molecule has 0 spiro atoms. The van der Waals surface area contributed by atoms with Gasteiger partial charge in [-0.3, -0.25) is 9.35 Å². The van der Waals surface area contributed by atoms with E-state index in [-0.39, 0.29) is 6.42 Å². The number of hydrogen-bond donors (Lipinski definition) is 4. The highest BCUT2D eigenvalue weighted by molar-refractivity contribution is 7.85. The van der Waals surface area contributed by atoms with Crippen LogP contribution in [0, 0.1) is 0 Å². The molecule has 0 aromatic carbocycles. The van der Waals surface area contributed by atoms with Crippen molar-refractivity contribution in [1.29, 1.82) is 0 Å². The summed E-state index contributed by atoms with van der Waals surface area (Å²) >= 11 is 0. The van der Waals surface area contributed by atoms with E-state index >= 15 is 0 Å². The average molecular weight is 616 g/mol. The Morgan fingerprint density at radius 1 is 0.643 bits per heavy atom. The fourth-order valence-corrected chi connectivity index (χ4v) is 5.86. The lowest BCUT2D eigenvalue weighted by Crippen LogP contribution is -2.50. The summed E-state index contributed by atoms with van der Waals surface area (Å²) in [6, 6.07) is -1.15. The molecule has 0 aromatic rings. The summed E-state index contributed by atoms with van der Waals surface area (Å²) in [5, 5.41) is 23.3. The van der Waals surface area contributed by atoms with E-state index in [0.717, 1.165) is 57.8 Å². The highest BCUT2D eigenvalue weighted by Gasteiger charge is 2.28. The van der Waals surface area contributed by atoms with Crippen molar-refractivity contribution in [2.24, 2.45) is 0 Å². The van der Waals surface area contributed by atoms with Crippen LogP contribution in [0.1, 0.15) is 162 Å². The predicted molar refractivity (Wildman–Crippen MR) is 176 cm³/mol. The first kappa shape index (κ1) is 40.8. The normalized spacial score (nSPS) is 14.5.